The number of hydrogen-bond acceptors (Lipinski definition) is 20. The molecular formula is C94H114Cl3N17O9Si2. The number of aldehydes is 3. The fourth-order valence-electron chi connectivity index (χ4n) is 17.3. The zero-order valence-electron chi connectivity index (χ0n) is 74.3. The van der Waals surface area contributed by atoms with E-state index in [1.807, 2.05) is 105 Å². The molecule has 13 aromatic heterocycles. The first-order chi connectivity index (χ1) is 60.0. The standard InChI is InChI=1S/C22H22N4O3.C17H25ClN2OSi.C16H25ClN2Si.C12H13NO3.2C10H11N3O.C7H5ClN2.H2/c1-4-26-19-15(12-25-21-17(19)6-7-24-21)11-18(20(26)23)13-8-14(22(27)29-5-2)10-16(9-13)28-3;1-11(2)22(12(3)4,13(5)6)20-8-7-15-16(18)14(10-21)9-19-17(15)20;1-11(2)20(12(3)4,13(5)6)19-10-8-14-15(17)7-9-18-16(14)19;1-3-16-12(14)10-6-9(4-5-13)7-11(8-10)15-2;2*1-2-11-9-7(6-14)5-13-10-8(9)3-4-12-10;8-6-2-4-10-7-5(6)1-3-9-7;/h6-12H,4-5,23H2,1-3H3;7-13H,1-6H3;7-13H,1-6H3;6-8H,3-4H2,1-2H3;2*3-6H,2H2,1H3,(H2,11,12,13);1-4H,(H,9,10);1H/i;;;;;;;1+1. The summed E-state index contributed by atoms with van der Waals surface area (Å²) in [7, 11) is -0.526. The van der Waals surface area contributed by atoms with Gasteiger partial charge in [-0.25, -0.2) is 44.5 Å². The number of H-pyrrole nitrogens is 3. The molecule has 125 heavy (non-hydrogen) atoms. The van der Waals surface area contributed by atoms with Crippen molar-refractivity contribution in [1.29, 1.82) is 5.26 Å². The quantitative estimate of drug-likeness (QED) is 0.0186. The second-order valence-electron chi connectivity index (χ2n) is 31.2. The van der Waals surface area contributed by atoms with Crippen LogP contribution in [-0.2, 0) is 22.4 Å². The topological polar surface area (TPSA) is 349 Å². The number of ether oxygens (including phenoxy) is 4. The van der Waals surface area contributed by atoms with Gasteiger partial charge in [-0.05, 0) is 182 Å². The Kier molecular flexibility index (Phi) is 34.3. The molecule has 658 valence electrons. The lowest BCUT2D eigenvalue weighted by Crippen LogP contribution is -2.51. The Labute approximate surface area is 747 Å². The summed E-state index contributed by atoms with van der Waals surface area (Å²) in [6.45, 7) is 40.5. The highest BCUT2D eigenvalue weighted by Gasteiger charge is 2.47. The van der Waals surface area contributed by atoms with Crippen molar-refractivity contribution in [3.63, 3.8) is 0 Å². The van der Waals surface area contributed by atoms with Crippen molar-refractivity contribution in [3.8, 4) is 28.7 Å². The van der Waals surface area contributed by atoms with E-state index in [0.29, 0.717) is 109 Å². The Morgan fingerprint density at radius 2 is 0.976 bits per heavy atom. The van der Waals surface area contributed by atoms with Crippen molar-refractivity contribution in [3.05, 3.63) is 214 Å². The Morgan fingerprint density at radius 3 is 1.45 bits per heavy atom. The summed E-state index contributed by atoms with van der Waals surface area (Å²) in [5, 5.41) is 23.7. The van der Waals surface area contributed by atoms with Gasteiger partial charge < -0.3 is 63.3 Å². The fourth-order valence-corrected chi connectivity index (χ4v) is 31.0. The van der Waals surface area contributed by atoms with Crippen molar-refractivity contribution in [1.82, 2.24) is 62.9 Å². The first-order valence-corrected chi connectivity index (χ1v) is 47.2. The van der Waals surface area contributed by atoms with Crippen LogP contribution in [0.5, 0.6) is 11.5 Å². The van der Waals surface area contributed by atoms with E-state index in [-0.39, 0.29) is 7.85 Å². The third-order valence-electron chi connectivity index (χ3n) is 22.3. The minimum Gasteiger partial charge on any atom is -0.497 e. The smallest absolute Gasteiger partial charge is 0.338 e. The Morgan fingerprint density at radius 1 is 0.520 bits per heavy atom. The highest BCUT2D eigenvalue weighted by atomic mass is 35.5. The Bertz CT molecular complexity index is 6160. The summed E-state index contributed by atoms with van der Waals surface area (Å²) in [4.78, 5) is 95.7. The summed E-state index contributed by atoms with van der Waals surface area (Å²) in [5.41, 5.74) is 22.9. The number of methoxy groups -OCH3 is 2. The minimum atomic E-state index is -1.86. The summed E-state index contributed by atoms with van der Waals surface area (Å²) >= 11 is 18.5. The van der Waals surface area contributed by atoms with Gasteiger partial charge in [-0.15, -0.1) is 0 Å². The summed E-state index contributed by atoms with van der Waals surface area (Å²) in [6.07, 6.45) is 24.2. The van der Waals surface area contributed by atoms with Crippen molar-refractivity contribution in [2.24, 2.45) is 0 Å². The molecular weight excluding hydrogens is 1670 g/mol. The summed E-state index contributed by atoms with van der Waals surface area (Å²) in [5.74, 6) is 0.900. The number of nitrogens with two attached hydrogens (primary N) is 1. The first kappa shape index (κ1) is 96.6. The predicted molar refractivity (Wildman–Crippen MR) is 514 cm³/mol. The number of aromatic amines is 3. The van der Waals surface area contributed by atoms with Gasteiger partial charge in [0, 0.05) is 126 Å². The Balaban J connectivity index is 0.000000186. The van der Waals surface area contributed by atoms with E-state index < -0.39 is 28.4 Å². The van der Waals surface area contributed by atoms with E-state index in [1.54, 1.807) is 94.5 Å². The van der Waals surface area contributed by atoms with Crippen LogP contribution in [0.3, 0.4) is 0 Å². The van der Waals surface area contributed by atoms with Crippen molar-refractivity contribution in [2.75, 3.05) is 56.9 Å². The number of rotatable bonds is 24. The Hall–Kier alpha value is -12.3. The molecule has 0 fully saturated rings. The minimum absolute atomic E-state index is 0. The highest BCUT2D eigenvalue weighted by Crippen LogP contribution is 2.47. The van der Waals surface area contributed by atoms with E-state index in [9.17, 15) is 24.0 Å². The normalized spacial score (nSPS) is 11.3. The second kappa shape index (κ2) is 44.4. The number of aryl methyl sites for hydroxylation is 1. The van der Waals surface area contributed by atoms with Crippen LogP contribution in [-0.4, -0.2) is 151 Å². The second-order valence-corrected chi connectivity index (χ2v) is 43.8. The van der Waals surface area contributed by atoms with Gasteiger partial charge in [0.1, 0.15) is 45.6 Å². The third-order valence-corrected chi connectivity index (χ3v) is 36.8. The maximum atomic E-state index is 12.3. The van der Waals surface area contributed by atoms with Gasteiger partial charge in [0.25, 0.3) is 0 Å². The molecule has 0 amide bonds. The van der Waals surface area contributed by atoms with Crippen LogP contribution in [0.2, 0.25) is 48.3 Å². The predicted octanol–water partition coefficient (Wildman–Crippen LogP) is 23.3. The number of carbonyl (C=O) groups is 5. The van der Waals surface area contributed by atoms with Gasteiger partial charge >= 0.3 is 11.9 Å². The van der Waals surface area contributed by atoms with E-state index in [0.717, 1.165) is 142 Å². The van der Waals surface area contributed by atoms with E-state index in [2.05, 4.69) is 170 Å². The van der Waals surface area contributed by atoms with Gasteiger partial charge in [-0.3, -0.25) is 14.4 Å². The van der Waals surface area contributed by atoms with Crippen molar-refractivity contribution < 1.29 is 44.3 Å². The van der Waals surface area contributed by atoms with Gasteiger partial charge in [-0.1, -0.05) is 118 Å². The monoisotopic (exact) mass is 1790 g/mol. The molecule has 0 spiro atoms. The number of nitrogens with zero attached hydrogens (tertiary/aromatic N) is 11. The number of nitriles is 1. The number of nitrogens with one attached hydrogen (secondary N) is 5. The molecule has 2 aromatic carbocycles. The number of nitrogen functional groups attached to an aromatic ring is 1. The average molecular weight is 1790 g/mol. The lowest BCUT2D eigenvalue weighted by Gasteiger charge is -2.44. The number of benzene rings is 2. The van der Waals surface area contributed by atoms with E-state index >= 15 is 0 Å². The van der Waals surface area contributed by atoms with Crippen LogP contribution in [0.4, 0.5) is 17.2 Å². The lowest BCUT2D eigenvalue weighted by atomic mass is 10.0. The third kappa shape index (κ3) is 21.1. The molecule has 0 radical (unpaired) electrons. The molecule has 31 heteroatoms. The average Bonchev–Trinajstić information content (AvgIpc) is 1.52. The molecule has 15 rings (SSSR count). The SMILES string of the molecule is CC(C)[Si](C(C)C)(C(C)C)n1ccc2c(Cl)c(C=O)cnc21.CC(C)[Si](C(C)C)(C(C)C)n1ccc2c(Cl)ccnc21.CCNc1c(C=O)cnc2[nH]ccc12.CCNc1c(C=O)cnc2[nH]ccc12.CCOC(=O)c1cc(CC#N)cc(OC)c1.CCOC(=O)c1cc(OC)cc(-c2cc3cnc4nccc4c3n(CC)c2N)c1.Clc1ccnc2[nH]ccc12.[2HH]. The van der Waals surface area contributed by atoms with Crippen LogP contribution in [0, 0.1) is 11.3 Å². The molecule has 7 N–H and O–H groups in total. The number of pyridine rings is 7. The van der Waals surface area contributed by atoms with Gasteiger partial charge in [0.05, 0.1) is 99.7 Å². The zero-order valence-corrected chi connectivity index (χ0v) is 78.6. The maximum absolute atomic E-state index is 12.3. The molecule has 15 aromatic rings. The number of halogens is 3. The molecule has 0 saturated heterocycles. The maximum Gasteiger partial charge on any atom is 0.338 e. The molecule has 0 aliphatic heterocycles. The van der Waals surface area contributed by atoms with Crippen LogP contribution in [0.15, 0.2) is 165 Å². The summed E-state index contributed by atoms with van der Waals surface area (Å²) in [6, 6.07) is 29.7. The molecule has 0 bridgehead atoms. The molecule has 13 heterocycles. The van der Waals surface area contributed by atoms with Crippen LogP contribution in [0.25, 0.3) is 88.2 Å². The molecule has 0 saturated carbocycles. The fraction of sp³-hybridized carbons (Fsp3) is 0.330. The van der Waals surface area contributed by atoms with Gasteiger partial charge in [0.2, 0.25) is 0 Å². The van der Waals surface area contributed by atoms with Gasteiger partial charge in [-0.2, -0.15) is 5.26 Å². The first-order valence-electron chi connectivity index (χ1n) is 41.7. The van der Waals surface area contributed by atoms with Gasteiger partial charge in [0.15, 0.2) is 41.0 Å². The zero-order chi connectivity index (χ0) is 91.1. The van der Waals surface area contributed by atoms with E-state index in [1.165, 1.54) is 7.11 Å². The van der Waals surface area contributed by atoms with Crippen molar-refractivity contribution >= 4 is 176 Å². The number of fused-ring (bicyclic) bond motifs is 8. The largest absolute Gasteiger partial charge is 0.497 e. The number of carbonyl (C=O) groups excluding carboxylic acids is 5. The molecule has 0 unspecified atom stereocenters. The molecule has 26 nitrogen and oxygen atoms in total. The molecule has 0 atom stereocenters. The number of hydrogen-bond donors (Lipinski definition) is 6. The van der Waals surface area contributed by atoms with Crippen LogP contribution < -0.4 is 25.8 Å². The molecule has 0 aliphatic carbocycles. The van der Waals surface area contributed by atoms with Crippen molar-refractivity contribution in [2.45, 2.75) is 164 Å². The summed E-state index contributed by atoms with van der Waals surface area (Å²) < 4.78 is 27.4. The molecule has 0 aliphatic rings. The van der Waals surface area contributed by atoms with Crippen LogP contribution >= 0.6 is 34.8 Å². The van der Waals surface area contributed by atoms with Crippen LogP contribution in [0.1, 0.15) is 176 Å². The van der Waals surface area contributed by atoms with E-state index in [4.69, 9.17) is 64.7 Å². The number of anilines is 3. The highest BCUT2D eigenvalue weighted by molar-refractivity contribution is 6.83. The number of aromatic nitrogens is 13. The number of esters is 2. The lowest BCUT2D eigenvalue weighted by molar-refractivity contribution is 0.0516.